The lowest BCUT2D eigenvalue weighted by Gasteiger charge is -2.04. The Balaban J connectivity index is 2.45. The number of aliphatic hydroxyl groups excluding tert-OH is 3. The Morgan fingerprint density at radius 3 is 2.50 bits per heavy atom. The van der Waals surface area contributed by atoms with Gasteiger partial charge in [-0.25, -0.2) is 0 Å². The summed E-state index contributed by atoms with van der Waals surface area (Å²) in [4.78, 5) is 11.9. The van der Waals surface area contributed by atoms with Gasteiger partial charge in [0.05, 0.1) is 0 Å². The molecule has 0 amide bonds. The van der Waals surface area contributed by atoms with Gasteiger partial charge in [-0.15, -0.1) is 0 Å². The fourth-order valence-electron chi connectivity index (χ4n) is 1.88. The number of phenolic OH excluding ortho intramolecular Hbond substituents is 2. The molecule has 2 rings (SSSR count). The van der Waals surface area contributed by atoms with E-state index in [1.807, 2.05) is 0 Å². The van der Waals surface area contributed by atoms with Crippen LogP contribution in [0.2, 0.25) is 0 Å². The molecule has 0 bridgehead atoms. The molecule has 7 heteroatoms. The van der Waals surface area contributed by atoms with Crippen molar-refractivity contribution in [2.75, 3.05) is 0 Å². The number of allylic oxidation sites excluding steroid dienone is 2. The van der Waals surface area contributed by atoms with Crippen LogP contribution in [-0.2, 0) is 6.42 Å². The monoisotopic (exact) mass is 306 g/mol. The van der Waals surface area contributed by atoms with E-state index in [1.165, 1.54) is 13.0 Å². The number of rotatable bonds is 3. The second-order valence-electron chi connectivity index (χ2n) is 4.64. The summed E-state index contributed by atoms with van der Waals surface area (Å²) in [6.45, 7) is 1.20. The van der Waals surface area contributed by atoms with E-state index in [2.05, 4.69) is 0 Å². The summed E-state index contributed by atoms with van der Waals surface area (Å²) in [5.74, 6) is -2.23. The van der Waals surface area contributed by atoms with Crippen LogP contribution in [0.5, 0.6) is 11.5 Å². The molecule has 0 saturated carbocycles. The van der Waals surface area contributed by atoms with Gasteiger partial charge in [-0.1, -0.05) is 0 Å². The van der Waals surface area contributed by atoms with Crippen LogP contribution >= 0.6 is 0 Å². The van der Waals surface area contributed by atoms with Crippen LogP contribution in [-0.4, -0.2) is 25.5 Å². The van der Waals surface area contributed by atoms with Crippen molar-refractivity contribution in [2.24, 2.45) is 0 Å². The summed E-state index contributed by atoms with van der Waals surface area (Å²) in [6.07, 6.45) is 1.09. The van der Waals surface area contributed by atoms with E-state index in [-0.39, 0.29) is 28.9 Å². The van der Waals surface area contributed by atoms with Crippen molar-refractivity contribution in [3.8, 4) is 11.5 Å². The first-order valence-electron chi connectivity index (χ1n) is 6.26. The SMILES string of the molecule is C/C(O)=C(O)\C(O)=C/Cc1cc(=O)c2c(O)cc(O)cc2o1. The van der Waals surface area contributed by atoms with Crippen molar-refractivity contribution in [3.05, 3.63) is 57.5 Å². The highest BCUT2D eigenvalue weighted by atomic mass is 16.3. The molecule has 1 heterocycles. The molecule has 0 aliphatic heterocycles. The van der Waals surface area contributed by atoms with Crippen molar-refractivity contribution in [1.29, 1.82) is 0 Å². The van der Waals surface area contributed by atoms with Crippen molar-refractivity contribution in [1.82, 2.24) is 0 Å². The molecule has 7 nitrogen and oxygen atoms in total. The predicted octanol–water partition coefficient (Wildman–Crippen LogP) is 2.54. The number of phenols is 2. The van der Waals surface area contributed by atoms with Crippen LogP contribution in [0.15, 0.2) is 50.8 Å². The first-order chi connectivity index (χ1) is 10.3. The van der Waals surface area contributed by atoms with Gasteiger partial charge in [-0.05, 0) is 13.0 Å². The maximum atomic E-state index is 11.9. The lowest BCUT2D eigenvalue weighted by atomic mass is 10.1. The lowest BCUT2D eigenvalue weighted by Crippen LogP contribution is -2.02. The van der Waals surface area contributed by atoms with Crippen molar-refractivity contribution in [3.63, 3.8) is 0 Å². The van der Waals surface area contributed by atoms with E-state index in [1.54, 1.807) is 0 Å². The first-order valence-corrected chi connectivity index (χ1v) is 6.26. The number of fused-ring (bicyclic) bond motifs is 1. The van der Waals surface area contributed by atoms with E-state index >= 15 is 0 Å². The normalized spacial score (nSPS) is 13.2. The maximum Gasteiger partial charge on any atom is 0.196 e. The Bertz CT molecular complexity index is 839. The molecule has 22 heavy (non-hydrogen) atoms. The second-order valence-corrected chi connectivity index (χ2v) is 4.64. The average molecular weight is 306 g/mol. The molecule has 0 radical (unpaired) electrons. The molecule has 0 unspecified atom stereocenters. The highest BCUT2D eigenvalue weighted by molar-refractivity contribution is 5.84. The Hall–Kier alpha value is -3.09. The van der Waals surface area contributed by atoms with Gasteiger partial charge in [0.15, 0.2) is 16.9 Å². The zero-order valence-corrected chi connectivity index (χ0v) is 11.6. The Labute approximate surface area is 124 Å². The molecule has 1 aromatic carbocycles. The predicted molar refractivity (Wildman–Crippen MR) is 78.2 cm³/mol. The Morgan fingerprint density at radius 1 is 1.18 bits per heavy atom. The molecule has 1 aromatic heterocycles. The molecule has 5 N–H and O–H groups in total. The van der Waals surface area contributed by atoms with Gasteiger partial charge in [0.25, 0.3) is 0 Å². The molecule has 0 atom stereocenters. The highest BCUT2D eigenvalue weighted by Gasteiger charge is 2.11. The highest BCUT2D eigenvalue weighted by Crippen LogP contribution is 2.27. The molecule has 0 aliphatic rings. The fraction of sp³-hybridized carbons (Fsp3) is 0.133. The Kier molecular flexibility index (Phi) is 3.98. The minimum atomic E-state index is -0.682. The molecule has 0 saturated heterocycles. The molecule has 0 spiro atoms. The van der Waals surface area contributed by atoms with Crippen LogP contribution in [0.1, 0.15) is 12.7 Å². The fourth-order valence-corrected chi connectivity index (χ4v) is 1.88. The minimum Gasteiger partial charge on any atom is -0.509 e. The smallest absolute Gasteiger partial charge is 0.196 e. The zero-order chi connectivity index (χ0) is 16.4. The molecule has 116 valence electrons. The van der Waals surface area contributed by atoms with Crippen molar-refractivity contribution >= 4 is 11.0 Å². The van der Waals surface area contributed by atoms with Crippen molar-refractivity contribution < 1.29 is 29.9 Å². The van der Waals surface area contributed by atoms with Crippen LogP contribution in [0.25, 0.3) is 11.0 Å². The van der Waals surface area contributed by atoms with Gasteiger partial charge >= 0.3 is 0 Å². The summed E-state index contributed by atoms with van der Waals surface area (Å²) in [5.41, 5.74) is -0.522. The average Bonchev–Trinajstić information content (AvgIpc) is 2.42. The van der Waals surface area contributed by atoms with Crippen LogP contribution < -0.4 is 5.43 Å². The summed E-state index contributed by atoms with van der Waals surface area (Å²) in [5, 5.41) is 46.8. The molecular formula is C15H14O7. The van der Waals surface area contributed by atoms with E-state index in [4.69, 9.17) is 9.52 Å². The quantitative estimate of drug-likeness (QED) is 0.435. The minimum absolute atomic E-state index is 0.00834. The molecule has 0 fully saturated rings. The van der Waals surface area contributed by atoms with Gasteiger partial charge in [-0.2, -0.15) is 0 Å². The van der Waals surface area contributed by atoms with Crippen LogP contribution in [0, 0.1) is 0 Å². The third-order valence-corrected chi connectivity index (χ3v) is 2.93. The summed E-state index contributed by atoms with van der Waals surface area (Å²) in [6, 6.07) is 3.33. The van der Waals surface area contributed by atoms with E-state index in [9.17, 15) is 25.2 Å². The number of aromatic hydroxyl groups is 2. The molecule has 0 aliphatic carbocycles. The van der Waals surface area contributed by atoms with E-state index in [0.29, 0.717) is 0 Å². The summed E-state index contributed by atoms with van der Waals surface area (Å²) >= 11 is 0. The number of benzene rings is 1. The van der Waals surface area contributed by atoms with Crippen molar-refractivity contribution in [2.45, 2.75) is 13.3 Å². The van der Waals surface area contributed by atoms with Gasteiger partial charge in [0, 0.05) is 24.6 Å². The van der Waals surface area contributed by atoms with E-state index in [0.717, 1.165) is 18.2 Å². The third-order valence-electron chi connectivity index (χ3n) is 2.93. The topological polar surface area (TPSA) is 131 Å². The number of aliphatic hydroxyl groups is 3. The zero-order valence-electron chi connectivity index (χ0n) is 11.6. The maximum absolute atomic E-state index is 11.9. The molecular weight excluding hydrogens is 292 g/mol. The standard InChI is InChI=1S/C15H14O7/c1-7(16)15(21)10(18)3-2-9-6-12(20)14-11(19)4-8(17)5-13(14)22-9/h3-6,16-19,21H,2H2,1H3/b10-3+,15-7-. The third kappa shape index (κ3) is 2.98. The Morgan fingerprint density at radius 2 is 1.86 bits per heavy atom. The molecule has 2 aromatic rings. The van der Waals surface area contributed by atoms with E-state index < -0.39 is 28.5 Å². The summed E-state index contributed by atoms with van der Waals surface area (Å²) in [7, 11) is 0. The first kappa shape index (κ1) is 15.3. The summed E-state index contributed by atoms with van der Waals surface area (Å²) < 4.78 is 5.36. The van der Waals surface area contributed by atoms with Gasteiger partial charge in [0.1, 0.15) is 34.0 Å². The van der Waals surface area contributed by atoms with Gasteiger partial charge < -0.3 is 29.9 Å². The second kappa shape index (κ2) is 5.72. The number of hydrogen-bond acceptors (Lipinski definition) is 7. The van der Waals surface area contributed by atoms with Crippen LogP contribution in [0.4, 0.5) is 0 Å². The lowest BCUT2D eigenvalue weighted by molar-refractivity contribution is 0.284. The number of hydrogen-bond donors (Lipinski definition) is 5. The van der Waals surface area contributed by atoms with Gasteiger partial charge in [-0.3, -0.25) is 4.79 Å². The van der Waals surface area contributed by atoms with Crippen LogP contribution in [0.3, 0.4) is 0 Å². The van der Waals surface area contributed by atoms with Gasteiger partial charge in [0.2, 0.25) is 0 Å². The largest absolute Gasteiger partial charge is 0.509 e.